The van der Waals surface area contributed by atoms with Crippen LogP contribution < -0.4 is 26.2 Å². The van der Waals surface area contributed by atoms with Gasteiger partial charge in [-0.1, -0.05) is 0 Å². The van der Waals surface area contributed by atoms with E-state index in [0.29, 0.717) is 43.4 Å². The van der Waals surface area contributed by atoms with E-state index in [0.717, 1.165) is 37.8 Å². The molecule has 0 unspecified atom stereocenters. The minimum Gasteiger partial charge on any atom is -0.378 e. The van der Waals surface area contributed by atoms with Crippen molar-refractivity contribution in [2.75, 3.05) is 72.9 Å². The topological polar surface area (TPSA) is 129 Å². The first-order chi connectivity index (χ1) is 18.0. The van der Waals surface area contributed by atoms with Crippen LogP contribution in [0.3, 0.4) is 0 Å². The fourth-order valence-corrected chi connectivity index (χ4v) is 4.35. The Labute approximate surface area is 215 Å². The Morgan fingerprint density at radius 1 is 0.811 bits per heavy atom. The SMILES string of the molecule is NC(=O)c1ccc(NC(=O)N2CCN(c3ccnc(Nc4ccc(N5CCOCC5)cc4)n3)CC2)cc1. The van der Waals surface area contributed by atoms with Gasteiger partial charge in [-0.3, -0.25) is 4.79 Å². The summed E-state index contributed by atoms with van der Waals surface area (Å²) in [5.74, 6) is 0.833. The highest BCUT2D eigenvalue weighted by molar-refractivity contribution is 5.94. The summed E-state index contributed by atoms with van der Waals surface area (Å²) in [7, 11) is 0. The van der Waals surface area contributed by atoms with Crippen LogP contribution in [0.5, 0.6) is 0 Å². The van der Waals surface area contributed by atoms with Gasteiger partial charge in [0.05, 0.1) is 13.2 Å². The molecule has 0 aliphatic carbocycles. The molecule has 2 aliphatic heterocycles. The van der Waals surface area contributed by atoms with E-state index in [9.17, 15) is 9.59 Å². The summed E-state index contributed by atoms with van der Waals surface area (Å²) in [6, 6.07) is 16.4. The van der Waals surface area contributed by atoms with E-state index in [4.69, 9.17) is 10.5 Å². The lowest BCUT2D eigenvalue weighted by Gasteiger charge is -2.35. The zero-order valence-corrected chi connectivity index (χ0v) is 20.5. The number of hydrogen-bond acceptors (Lipinski definition) is 8. The number of urea groups is 1. The molecule has 1 aromatic heterocycles. The predicted octanol–water partition coefficient (Wildman–Crippen LogP) is 2.51. The van der Waals surface area contributed by atoms with Gasteiger partial charge >= 0.3 is 6.03 Å². The summed E-state index contributed by atoms with van der Waals surface area (Å²) >= 11 is 0. The molecule has 192 valence electrons. The molecule has 2 aliphatic rings. The minimum atomic E-state index is -0.501. The molecule has 0 bridgehead atoms. The molecule has 0 spiro atoms. The third-order valence-corrected chi connectivity index (χ3v) is 6.45. The summed E-state index contributed by atoms with van der Waals surface area (Å²) in [6.07, 6.45) is 1.74. The standard InChI is InChI=1S/C26H30N8O3/c27-24(35)19-1-3-21(4-2-19)30-26(36)34-13-11-33(12-14-34)23-9-10-28-25(31-23)29-20-5-7-22(8-6-20)32-15-17-37-18-16-32/h1-10H,11-18H2,(H2,27,35)(H,30,36)(H,28,29,31). The molecule has 5 rings (SSSR count). The Hall–Kier alpha value is -4.38. The van der Waals surface area contributed by atoms with Gasteiger partial charge in [0, 0.05) is 68.1 Å². The van der Waals surface area contributed by atoms with Gasteiger partial charge in [-0.15, -0.1) is 0 Å². The Balaban J connectivity index is 1.14. The zero-order chi connectivity index (χ0) is 25.6. The van der Waals surface area contributed by atoms with Crippen molar-refractivity contribution >= 4 is 40.8 Å². The molecule has 2 aromatic carbocycles. The first kappa shape index (κ1) is 24.3. The van der Waals surface area contributed by atoms with E-state index < -0.39 is 5.91 Å². The summed E-state index contributed by atoms with van der Waals surface area (Å²) in [5.41, 5.74) is 8.37. The Morgan fingerprint density at radius 3 is 2.16 bits per heavy atom. The first-order valence-corrected chi connectivity index (χ1v) is 12.3. The van der Waals surface area contributed by atoms with Gasteiger partial charge in [0.25, 0.3) is 0 Å². The van der Waals surface area contributed by atoms with Crippen molar-refractivity contribution in [1.29, 1.82) is 0 Å². The van der Waals surface area contributed by atoms with E-state index in [-0.39, 0.29) is 6.03 Å². The average Bonchev–Trinajstić information content (AvgIpc) is 2.94. The summed E-state index contributed by atoms with van der Waals surface area (Å²) < 4.78 is 5.43. The number of rotatable bonds is 6. The molecule has 4 N–H and O–H groups in total. The number of anilines is 5. The van der Waals surface area contributed by atoms with Gasteiger partial charge in [-0.25, -0.2) is 9.78 Å². The van der Waals surface area contributed by atoms with Crippen molar-refractivity contribution in [2.45, 2.75) is 0 Å². The van der Waals surface area contributed by atoms with Crippen LogP contribution in [-0.2, 0) is 4.74 Å². The molecular weight excluding hydrogens is 472 g/mol. The summed E-state index contributed by atoms with van der Waals surface area (Å²) in [5, 5.41) is 6.15. The van der Waals surface area contributed by atoms with Crippen molar-refractivity contribution in [3.8, 4) is 0 Å². The average molecular weight is 503 g/mol. The number of nitrogens with zero attached hydrogens (tertiary/aromatic N) is 5. The lowest BCUT2D eigenvalue weighted by Crippen LogP contribution is -2.50. The molecule has 0 atom stereocenters. The highest BCUT2D eigenvalue weighted by Gasteiger charge is 2.22. The molecule has 11 heteroatoms. The number of morpholine rings is 1. The van der Waals surface area contributed by atoms with Gasteiger partial charge in [-0.05, 0) is 54.6 Å². The van der Waals surface area contributed by atoms with Gasteiger partial charge in [0.2, 0.25) is 11.9 Å². The van der Waals surface area contributed by atoms with E-state index in [2.05, 4.69) is 42.5 Å². The Bertz CT molecular complexity index is 1220. The molecule has 3 amide bonds. The number of primary amides is 1. The highest BCUT2D eigenvalue weighted by Crippen LogP contribution is 2.22. The Kier molecular flexibility index (Phi) is 7.31. The second-order valence-corrected chi connectivity index (χ2v) is 8.86. The maximum Gasteiger partial charge on any atom is 0.321 e. The number of aromatic nitrogens is 2. The number of hydrogen-bond donors (Lipinski definition) is 3. The Morgan fingerprint density at radius 2 is 1.49 bits per heavy atom. The number of carbonyl (C=O) groups is 2. The maximum absolute atomic E-state index is 12.7. The molecule has 11 nitrogen and oxygen atoms in total. The second kappa shape index (κ2) is 11.1. The summed E-state index contributed by atoms with van der Waals surface area (Å²) in [4.78, 5) is 39.1. The molecule has 3 heterocycles. The van der Waals surface area contributed by atoms with Gasteiger partial charge in [-0.2, -0.15) is 4.98 Å². The largest absolute Gasteiger partial charge is 0.378 e. The van der Waals surface area contributed by atoms with Crippen LogP contribution in [-0.4, -0.2) is 79.3 Å². The van der Waals surface area contributed by atoms with Gasteiger partial charge in [0.1, 0.15) is 5.82 Å². The summed E-state index contributed by atoms with van der Waals surface area (Å²) in [6.45, 7) is 5.73. The molecule has 2 saturated heterocycles. The van der Waals surface area contributed by atoms with E-state index in [1.165, 1.54) is 5.69 Å². The van der Waals surface area contributed by atoms with Gasteiger partial charge < -0.3 is 35.8 Å². The normalized spacial score (nSPS) is 15.8. The fourth-order valence-electron chi connectivity index (χ4n) is 4.35. The number of nitrogens with two attached hydrogens (primary N) is 1. The fraction of sp³-hybridized carbons (Fsp3) is 0.308. The van der Waals surface area contributed by atoms with Crippen LogP contribution in [0.25, 0.3) is 0 Å². The van der Waals surface area contributed by atoms with Crippen molar-refractivity contribution in [1.82, 2.24) is 14.9 Å². The minimum absolute atomic E-state index is 0.183. The van der Waals surface area contributed by atoms with E-state index in [1.807, 2.05) is 18.2 Å². The molecular formula is C26H30N8O3. The third kappa shape index (κ3) is 6.07. The van der Waals surface area contributed by atoms with E-state index >= 15 is 0 Å². The molecule has 37 heavy (non-hydrogen) atoms. The maximum atomic E-state index is 12.7. The third-order valence-electron chi connectivity index (χ3n) is 6.45. The van der Waals surface area contributed by atoms with Crippen LogP contribution in [0.15, 0.2) is 60.8 Å². The quantitative estimate of drug-likeness (QED) is 0.469. The van der Waals surface area contributed by atoms with Crippen molar-refractivity contribution in [3.63, 3.8) is 0 Å². The van der Waals surface area contributed by atoms with Crippen molar-refractivity contribution < 1.29 is 14.3 Å². The van der Waals surface area contributed by atoms with E-state index in [1.54, 1.807) is 35.4 Å². The smallest absolute Gasteiger partial charge is 0.321 e. The highest BCUT2D eigenvalue weighted by atomic mass is 16.5. The van der Waals surface area contributed by atoms with Crippen molar-refractivity contribution in [3.05, 3.63) is 66.4 Å². The molecule has 3 aromatic rings. The lowest BCUT2D eigenvalue weighted by molar-refractivity contribution is 0.1000. The van der Waals surface area contributed by atoms with Crippen LogP contribution in [0, 0.1) is 0 Å². The first-order valence-electron chi connectivity index (χ1n) is 12.3. The predicted molar refractivity (Wildman–Crippen MR) is 143 cm³/mol. The molecule has 0 radical (unpaired) electrons. The number of piperazine rings is 1. The lowest BCUT2D eigenvalue weighted by atomic mass is 10.2. The zero-order valence-electron chi connectivity index (χ0n) is 20.5. The number of nitrogens with one attached hydrogen (secondary N) is 2. The number of benzene rings is 2. The van der Waals surface area contributed by atoms with Gasteiger partial charge in [0.15, 0.2) is 0 Å². The number of ether oxygens (including phenoxy) is 1. The van der Waals surface area contributed by atoms with Crippen LogP contribution in [0.4, 0.5) is 33.6 Å². The van der Waals surface area contributed by atoms with Crippen molar-refractivity contribution in [2.24, 2.45) is 5.73 Å². The van der Waals surface area contributed by atoms with Crippen LogP contribution in [0.1, 0.15) is 10.4 Å². The van der Waals surface area contributed by atoms with Crippen LogP contribution in [0.2, 0.25) is 0 Å². The number of carbonyl (C=O) groups excluding carboxylic acids is 2. The molecule has 0 saturated carbocycles. The monoisotopic (exact) mass is 502 g/mol. The van der Waals surface area contributed by atoms with Crippen LogP contribution >= 0.6 is 0 Å². The molecule has 2 fully saturated rings. The second-order valence-electron chi connectivity index (χ2n) is 8.86. The number of amides is 3.